The zero-order valence-corrected chi connectivity index (χ0v) is 34.9. The number of amides is 1. The number of benzene rings is 1. The number of nitrogens with one attached hydrogen (secondary N) is 1. The quantitative estimate of drug-likeness (QED) is 0.0329. The summed E-state index contributed by atoms with van der Waals surface area (Å²) in [6.07, 6.45) is 21.0. The van der Waals surface area contributed by atoms with Gasteiger partial charge in [-0.1, -0.05) is 139 Å². The van der Waals surface area contributed by atoms with Crippen LogP contribution in [0.25, 0.3) is 0 Å². The molecule has 2 aliphatic heterocycles. The third kappa shape index (κ3) is 19.0. The molecule has 1 amide bonds. The number of aromatic carboxylic acids is 1. The van der Waals surface area contributed by atoms with E-state index in [9.17, 15) is 34.2 Å². The molecule has 0 unspecified atom stereocenters. The first-order valence-electron chi connectivity index (χ1n) is 18.8. The normalized spacial score (nSPS) is 15.7. The third-order valence-corrected chi connectivity index (χ3v) is 23.0. The van der Waals surface area contributed by atoms with Crippen LogP contribution in [0.3, 0.4) is 0 Å². The van der Waals surface area contributed by atoms with E-state index in [1.54, 1.807) is 49.2 Å². The second-order valence-corrected chi connectivity index (χ2v) is 23.1. The molecule has 0 aromatic heterocycles. The van der Waals surface area contributed by atoms with E-state index in [1.807, 2.05) is 21.6 Å². The number of carbonyl (C=O) groups is 5. The standard InChI is InChI=1S/C37H55NO8S6/c39-30(19-15-13-11-9-7-5-3-1-2-4-6-8-10-12-14-16-21-32(40)41)25-27-23-28(26-29(24-27)34(43)44)33(42)38-22-18-17-20-31(35(45)46)36-47-49-37(50-48-36)51-52-37/h23-24,26,31,36H,1-22,25H2,(H,38,42)(H,40,41)(H,43,44)(H,45,46)/t31-/m0/s1. The zero-order chi connectivity index (χ0) is 37.6. The summed E-state index contributed by atoms with van der Waals surface area (Å²) in [5.41, 5.74) is 0.710. The van der Waals surface area contributed by atoms with Gasteiger partial charge in [0.1, 0.15) is 5.78 Å². The summed E-state index contributed by atoms with van der Waals surface area (Å²) < 4.78 is 0.102. The maximum absolute atomic E-state index is 12.9. The number of hydrogen-bond acceptors (Lipinski definition) is 11. The van der Waals surface area contributed by atoms with Gasteiger partial charge in [-0.2, -0.15) is 0 Å². The highest BCUT2D eigenvalue weighted by Crippen LogP contribution is 2.84. The number of carboxylic acids is 3. The Morgan fingerprint density at radius 3 is 1.60 bits per heavy atom. The van der Waals surface area contributed by atoms with Crippen molar-refractivity contribution < 1.29 is 39.3 Å². The predicted octanol–water partition coefficient (Wildman–Crippen LogP) is 11.3. The van der Waals surface area contributed by atoms with Gasteiger partial charge in [-0.3, -0.25) is 19.2 Å². The molecule has 0 radical (unpaired) electrons. The minimum atomic E-state index is -1.15. The van der Waals surface area contributed by atoms with Gasteiger partial charge in [-0.25, -0.2) is 4.79 Å². The second kappa shape index (κ2) is 25.9. The average molecular weight is 834 g/mol. The van der Waals surface area contributed by atoms with Gasteiger partial charge in [0.15, 0.2) is 2.74 Å². The Labute approximate surface area is 332 Å². The molecule has 0 saturated carbocycles. The van der Waals surface area contributed by atoms with E-state index in [-0.39, 0.29) is 30.7 Å². The van der Waals surface area contributed by atoms with E-state index in [0.717, 1.165) is 38.5 Å². The van der Waals surface area contributed by atoms with Crippen LogP contribution in [-0.4, -0.2) is 58.8 Å². The molecule has 0 aliphatic carbocycles. The first-order valence-corrected chi connectivity index (χ1v) is 25.3. The highest BCUT2D eigenvalue weighted by molar-refractivity contribution is 9.14. The Kier molecular flexibility index (Phi) is 22.5. The van der Waals surface area contributed by atoms with Crippen molar-refractivity contribution in [3.8, 4) is 0 Å². The van der Waals surface area contributed by atoms with Crippen LogP contribution in [-0.2, 0) is 20.8 Å². The lowest BCUT2D eigenvalue weighted by molar-refractivity contribution is -0.141. The van der Waals surface area contributed by atoms with Crippen molar-refractivity contribution >= 4 is 94.4 Å². The maximum Gasteiger partial charge on any atom is 0.335 e. The van der Waals surface area contributed by atoms with Crippen LogP contribution >= 0.6 is 64.8 Å². The summed E-state index contributed by atoms with van der Waals surface area (Å²) in [5.74, 6) is -3.47. The molecule has 15 heteroatoms. The molecule has 3 rings (SSSR count). The number of rotatable bonds is 30. The molecular formula is C37H55NO8S6. The van der Waals surface area contributed by atoms with Crippen LogP contribution in [0.5, 0.6) is 0 Å². The van der Waals surface area contributed by atoms with Gasteiger partial charge in [0, 0.05) is 31.4 Å². The molecule has 1 spiro atoms. The van der Waals surface area contributed by atoms with Gasteiger partial charge in [0.2, 0.25) is 0 Å². The van der Waals surface area contributed by atoms with Crippen LogP contribution < -0.4 is 5.32 Å². The lowest BCUT2D eigenvalue weighted by atomic mass is 9.98. The molecule has 0 bridgehead atoms. The summed E-state index contributed by atoms with van der Waals surface area (Å²) in [6, 6.07) is 4.40. The molecule has 1 aromatic rings. The number of carboxylic acid groups (broad SMARTS) is 3. The highest BCUT2D eigenvalue weighted by atomic mass is 33.2. The summed E-state index contributed by atoms with van der Waals surface area (Å²) in [5, 5.41) is 30.9. The van der Waals surface area contributed by atoms with E-state index < -0.39 is 29.7 Å². The summed E-state index contributed by atoms with van der Waals surface area (Å²) in [6.45, 7) is 0.350. The van der Waals surface area contributed by atoms with Crippen molar-refractivity contribution in [3.63, 3.8) is 0 Å². The number of aliphatic carboxylic acids is 2. The smallest absolute Gasteiger partial charge is 0.335 e. The number of ketones is 1. The Hall–Kier alpha value is -1.13. The fraction of sp³-hybridized carbons (Fsp3) is 0.703. The van der Waals surface area contributed by atoms with Crippen LogP contribution in [0, 0.1) is 5.92 Å². The summed E-state index contributed by atoms with van der Waals surface area (Å²) in [7, 11) is 10.4. The third-order valence-electron chi connectivity index (χ3n) is 9.08. The minimum absolute atomic E-state index is 0.0236. The van der Waals surface area contributed by atoms with Crippen LogP contribution in [0.15, 0.2) is 18.2 Å². The topological polar surface area (TPSA) is 158 Å². The Balaban J connectivity index is 1.22. The van der Waals surface area contributed by atoms with Gasteiger partial charge >= 0.3 is 17.9 Å². The number of Topliss-reactive ketones (excluding diaryl/α,β-unsaturated/α-hetero) is 1. The van der Waals surface area contributed by atoms with E-state index in [0.29, 0.717) is 44.2 Å². The lowest BCUT2D eigenvalue weighted by Crippen LogP contribution is -2.26. The largest absolute Gasteiger partial charge is 0.481 e. The molecule has 2 saturated heterocycles. The van der Waals surface area contributed by atoms with Crippen LogP contribution in [0.4, 0.5) is 0 Å². The second-order valence-electron chi connectivity index (χ2n) is 13.6. The number of hydrogen-bond donors (Lipinski definition) is 4. The van der Waals surface area contributed by atoms with Crippen molar-refractivity contribution in [2.45, 2.75) is 149 Å². The van der Waals surface area contributed by atoms with E-state index in [2.05, 4.69) is 5.32 Å². The van der Waals surface area contributed by atoms with Crippen molar-refractivity contribution in [1.29, 1.82) is 0 Å². The van der Waals surface area contributed by atoms with Crippen molar-refractivity contribution in [2.75, 3.05) is 6.54 Å². The monoisotopic (exact) mass is 833 g/mol. The SMILES string of the molecule is O=C(O)CCCCCCCCCCCCCCCCCCC(=O)Cc1cc(C(=O)O)cc(C(=O)NCCCC[C@@H](C(=O)O)C2SSC3(SS2)SS3)c1. The number of carbonyl (C=O) groups excluding carboxylic acids is 2. The molecule has 292 valence electrons. The number of unbranched alkanes of at least 4 members (excludes halogenated alkanes) is 16. The summed E-state index contributed by atoms with van der Waals surface area (Å²) >= 11 is 0. The molecular weight excluding hydrogens is 779 g/mol. The molecule has 9 nitrogen and oxygen atoms in total. The molecule has 2 fully saturated rings. The Morgan fingerprint density at radius 1 is 0.615 bits per heavy atom. The lowest BCUT2D eigenvalue weighted by Gasteiger charge is -2.27. The Morgan fingerprint density at radius 2 is 1.12 bits per heavy atom. The molecule has 2 aliphatic rings. The first kappa shape index (κ1) is 45.3. The molecule has 4 N–H and O–H groups in total. The fourth-order valence-electron chi connectivity index (χ4n) is 6.07. The first-order chi connectivity index (χ1) is 25.1. The highest BCUT2D eigenvalue weighted by Gasteiger charge is 2.53. The van der Waals surface area contributed by atoms with Crippen LogP contribution in [0.1, 0.15) is 161 Å². The molecule has 1 aromatic carbocycles. The van der Waals surface area contributed by atoms with Crippen molar-refractivity contribution in [1.82, 2.24) is 5.32 Å². The minimum Gasteiger partial charge on any atom is -0.481 e. The molecule has 52 heavy (non-hydrogen) atoms. The fourth-order valence-corrected chi connectivity index (χ4v) is 19.9. The van der Waals surface area contributed by atoms with Crippen molar-refractivity contribution in [3.05, 3.63) is 34.9 Å². The predicted molar refractivity (Wildman–Crippen MR) is 222 cm³/mol. The van der Waals surface area contributed by atoms with Gasteiger partial charge in [0.25, 0.3) is 5.91 Å². The van der Waals surface area contributed by atoms with E-state index >= 15 is 0 Å². The van der Waals surface area contributed by atoms with E-state index in [4.69, 9.17) is 5.11 Å². The Bertz CT molecular complexity index is 1290. The molecule has 1 atom stereocenters. The van der Waals surface area contributed by atoms with Gasteiger partial charge in [-0.15, -0.1) is 0 Å². The average Bonchev–Trinajstić information content (AvgIpc) is 3.87. The van der Waals surface area contributed by atoms with Gasteiger partial charge < -0.3 is 20.6 Å². The van der Waals surface area contributed by atoms with E-state index in [1.165, 1.54) is 76.3 Å². The van der Waals surface area contributed by atoms with Crippen molar-refractivity contribution in [2.24, 2.45) is 5.92 Å². The maximum atomic E-state index is 12.9. The zero-order valence-electron chi connectivity index (χ0n) is 30.0. The van der Waals surface area contributed by atoms with Gasteiger partial charge in [-0.05, 0) is 71.0 Å². The summed E-state index contributed by atoms with van der Waals surface area (Å²) in [4.78, 5) is 59.9. The van der Waals surface area contributed by atoms with Crippen LogP contribution in [0.2, 0.25) is 0 Å². The molecule has 2 heterocycles. The van der Waals surface area contributed by atoms with Gasteiger partial charge in [0.05, 0.1) is 16.1 Å².